The van der Waals surface area contributed by atoms with Crippen LogP contribution in [0.25, 0.3) is 0 Å². The second kappa shape index (κ2) is 10.3. The molecule has 1 heterocycles. The summed E-state index contributed by atoms with van der Waals surface area (Å²) >= 11 is 10.4. The average molecular weight is 528 g/mol. The van der Waals surface area contributed by atoms with Gasteiger partial charge in [-0.2, -0.15) is 0 Å². The normalized spacial score (nSPS) is 11.9. The van der Waals surface area contributed by atoms with Crippen molar-refractivity contribution in [2.24, 2.45) is 0 Å². The monoisotopic (exact) mass is 526 g/mol. The van der Waals surface area contributed by atoms with Crippen molar-refractivity contribution >= 4 is 45.3 Å². The molecule has 0 saturated carbocycles. The first-order valence-corrected chi connectivity index (χ1v) is 11.2. The first-order chi connectivity index (χ1) is 14.8. The average Bonchev–Trinajstić information content (AvgIpc) is 2.76. The molecule has 1 atom stereocenters. The minimum absolute atomic E-state index is 0.0804. The molecule has 9 heteroatoms. The van der Waals surface area contributed by atoms with Gasteiger partial charge in [-0.15, -0.1) is 11.8 Å². The molecule has 0 aliphatic carbocycles. The number of thioether (sulfide) groups is 1. The molecule has 0 unspecified atom stereocenters. The van der Waals surface area contributed by atoms with Crippen LogP contribution in [0.15, 0.2) is 67.1 Å². The molecule has 0 saturated heterocycles. The summed E-state index contributed by atoms with van der Waals surface area (Å²) in [5.41, 5.74) is -0.163. The number of ether oxygens (including phenoxy) is 1. The van der Waals surface area contributed by atoms with E-state index in [-0.39, 0.29) is 16.7 Å². The van der Waals surface area contributed by atoms with Crippen molar-refractivity contribution in [1.82, 2.24) is 0 Å². The van der Waals surface area contributed by atoms with Crippen LogP contribution in [-0.4, -0.2) is 18.2 Å². The number of carbonyl (C=O) groups excluding carboxylic acids is 1. The van der Waals surface area contributed by atoms with Crippen molar-refractivity contribution in [2.45, 2.75) is 23.0 Å². The number of benzene rings is 2. The Morgan fingerprint density at radius 3 is 2.61 bits per heavy atom. The maximum atomic E-state index is 13.7. The lowest BCUT2D eigenvalue weighted by Gasteiger charge is -2.18. The lowest BCUT2D eigenvalue weighted by molar-refractivity contribution is -0.140. The molecule has 0 bridgehead atoms. The number of hydrogen-bond donors (Lipinski definition) is 1. The van der Waals surface area contributed by atoms with Gasteiger partial charge in [0.2, 0.25) is 11.2 Å². The molecule has 2 aromatic carbocycles. The van der Waals surface area contributed by atoms with E-state index in [1.165, 1.54) is 43.1 Å². The van der Waals surface area contributed by atoms with Crippen LogP contribution in [0.2, 0.25) is 5.02 Å². The summed E-state index contributed by atoms with van der Waals surface area (Å²) in [7, 11) is 1.23. The molecule has 5 nitrogen and oxygen atoms in total. The van der Waals surface area contributed by atoms with Gasteiger partial charge in [-0.3, -0.25) is 9.59 Å². The number of carbonyl (C=O) groups is 1. The van der Waals surface area contributed by atoms with Gasteiger partial charge in [0, 0.05) is 16.0 Å². The fraction of sp³-hybridized carbons (Fsp3) is 0.182. The van der Waals surface area contributed by atoms with Crippen molar-refractivity contribution in [1.29, 1.82) is 0 Å². The van der Waals surface area contributed by atoms with Crippen LogP contribution in [0.3, 0.4) is 0 Å². The van der Waals surface area contributed by atoms with E-state index in [9.17, 15) is 19.1 Å². The summed E-state index contributed by atoms with van der Waals surface area (Å²) < 4.78 is 24.5. The maximum absolute atomic E-state index is 13.7. The lowest BCUT2D eigenvalue weighted by Crippen LogP contribution is -2.14. The van der Waals surface area contributed by atoms with Crippen LogP contribution in [0, 0.1) is 5.82 Å². The third kappa shape index (κ3) is 5.90. The Balaban J connectivity index is 1.98. The highest BCUT2D eigenvalue weighted by molar-refractivity contribution is 9.10. The van der Waals surface area contributed by atoms with Crippen molar-refractivity contribution in [3.05, 3.63) is 91.2 Å². The van der Waals surface area contributed by atoms with Crippen LogP contribution in [0.1, 0.15) is 29.4 Å². The van der Waals surface area contributed by atoms with Gasteiger partial charge in [0.25, 0.3) is 0 Å². The van der Waals surface area contributed by atoms with E-state index in [2.05, 4.69) is 15.9 Å². The summed E-state index contributed by atoms with van der Waals surface area (Å²) in [5.74, 6) is -1.97. The first-order valence-electron chi connectivity index (χ1n) is 9.04. The highest BCUT2D eigenvalue weighted by Crippen LogP contribution is 2.36. The third-order valence-electron chi connectivity index (χ3n) is 4.46. The highest BCUT2D eigenvalue weighted by Gasteiger charge is 2.27. The zero-order chi connectivity index (χ0) is 22.5. The van der Waals surface area contributed by atoms with Gasteiger partial charge in [-0.1, -0.05) is 17.7 Å². The number of hydrogen-bond acceptors (Lipinski definition) is 6. The van der Waals surface area contributed by atoms with Crippen LogP contribution in [0.4, 0.5) is 4.39 Å². The SMILES string of the molecule is COC(=O)C[C@@H](c1ccc(F)c(Br)c1)c1oc(CSc2ccc(Cl)cc2)cc(=O)c1O. The summed E-state index contributed by atoms with van der Waals surface area (Å²) in [6, 6.07) is 12.5. The Hall–Kier alpha value is -2.29. The topological polar surface area (TPSA) is 76.7 Å². The van der Waals surface area contributed by atoms with Gasteiger partial charge >= 0.3 is 5.97 Å². The fourth-order valence-electron chi connectivity index (χ4n) is 2.89. The number of esters is 1. The Labute approximate surface area is 195 Å². The van der Waals surface area contributed by atoms with E-state index in [4.69, 9.17) is 20.8 Å². The Bertz CT molecular complexity index is 1150. The van der Waals surface area contributed by atoms with E-state index < -0.39 is 28.9 Å². The molecule has 3 aromatic rings. The standard InChI is InChI=1S/C22H17BrClFO5S/c1-29-20(27)10-16(12-2-7-18(25)17(23)8-12)22-21(28)19(26)9-14(30-22)11-31-15-5-3-13(24)4-6-15/h2-9,16,28H,10-11H2,1H3/t16-/m0/s1. The second-order valence-electron chi connectivity index (χ2n) is 6.54. The summed E-state index contributed by atoms with van der Waals surface area (Å²) in [5, 5.41) is 11.0. The molecule has 1 N–H and O–H groups in total. The molecule has 1 aromatic heterocycles. The largest absolute Gasteiger partial charge is 0.502 e. The maximum Gasteiger partial charge on any atom is 0.306 e. The number of halogens is 3. The van der Waals surface area contributed by atoms with Crippen molar-refractivity contribution in [3.8, 4) is 5.75 Å². The number of methoxy groups -OCH3 is 1. The first kappa shape index (κ1) is 23.4. The second-order valence-corrected chi connectivity index (χ2v) is 8.88. The van der Waals surface area contributed by atoms with E-state index in [1.54, 1.807) is 12.1 Å². The van der Waals surface area contributed by atoms with Crippen molar-refractivity contribution in [3.63, 3.8) is 0 Å². The Morgan fingerprint density at radius 2 is 1.97 bits per heavy atom. The molecular formula is C22H17BrClFO5S. The lowest BCUT2D eigenvalue weighted by atomic mass is 9.92. The molecule has 0 amide bonds. The smallest absolute Gasteiger partial charge is 0.306 e. The molecule has 31 heavy (non-hydrogen) atoms. The van der Waals surface area contributed by atoms with E-state index in [1.807, 2.05) is 12.1 Å². The van der Waals surface area contributed by atoms with E-state index in [0.29, 0.717) is 22.1 Å². The summed E-state index contributed by atoms with van der Waals surface area (Å²) in [6.45, 7) is 0. The predicted molar refractivity (Wildman–Crippen MR) is 120 cm³/mol. The molecule has 0 fully saturated rings. The van der Waals surface area contributed by atoms with E-state index >= 15 is 0 Å². The zero-order valence-electron chi connectivity index (χ0n) is 16.2. The van der Waals surface area contributed by atoms with Crippen LogP contribution in [0.5, 0.6) is 5.75 Å². The Kier molecular flexibility index (Phi) is 7.80. The summed E-state index contributed by atoms with van der Waals surface area (Å²) in [4.78, 5) is 25.3. The van der Waals surface area contributed by atoms with E-state index in [0.717, 1.165) is 4.90 Å². The molecule has 0 aliphatic rings. The molecule has 0 spiro atoms. The highest BCUT2D eigenvalue weighted by atomic mass is 79.9. The summed E-state index contributed by atoms with van der Waals surface area (Å²) in [6.07, 6.45) is -0.209. The van der Waals surface area contributed by atoms with Gasteiger partial charge in [-0.25, -0.2) is 4.39 Å². The van der Waals surface area contributed by atoms with Crippen molar-refractivity contribution in [2.75, 3.05) is 7.11 Å². The minimum Gasteiger partial charge on any atom is -0.502 e. The predicted octanol–water partition coefficient (Wildman–Crippen LogP) is 5.89. The van der Waals surface area contributed by atoms with Crippen molar-refractivity contribution < 1.29 is 23.4 Å². The molecule has 0 radical (unpaired) electrons. The van der Waals surface area contributed by atoms with Gasteiger partial charge < -0.3 is 14.3 Å². The van der Waals surface area contributed by atoms with Crippen LogP contribution in [-0.2, 0) is 15.3 Å². The molecule has 3 rings (SSSR count). The minimum atomic E-state index is -0.850. The van der Waals surface area contributed by atoms with Crippen LogP contribution < -0.4 is 5.43 Å². The molecular weight excluding hydrogens is 511 g/mol. The fourth-order valence-corrected chi connectivity index (χ4v) is 4.19. The van der Waals surface area contributed by atoms with Gasteiger partial charge in [-0.05, 0) is 57.9 Å². The quantitative estimate of drug-likeness (QED) is 0.305. The Morgan fingerprint density at radius 1 is 1.26 bits per heavy atom. The molecule has 162 valence electrons. The third-order valence-corrected chi connectivity index (χ3v) is 6.35. The number of aromatic hydroxyl groups is 1. The van der Waals surface area contributed by atoms with Gasteiger partial charge in [0.05, 0.1) is 29.7 Å². The number of rotatable bonds is 7. The van der Waals surface area contributed by atoms with Crippen LogP contribution >= 0.6 is 39.3 Å². The van der Waals surface area contributed by atoms with Gasteiger partial charge in [0.15, 0.2) is 5.76 Å². The van der Waals surface area contributed by atoms with Gasteiger partial charge in [0.1, 0.15) is 11.6 Å². The zero-order valence-corrected chi connectivity index (χ0v) is 19.4. The molecule has 0 aliphatic heterocycles.